The van der Waals surface area contributed by atoms with E-state index >= 15 is 0 Å². The van der Waals surface area contributed by atoms with Crippen LogP contribution in [0.5, 0.6) is 5.88 Å². The number of carbonyl (C=O) groups is 2. The van der Waals surface area contributed by atoms with Crippen molar-refractivity contribution in [3.63, 3.8) is 0 Å². The molecule has 2 amide bonds. The number of nitrogens with one attached hydrogen (secondary N) is 2. The van der Waals surface area contributed by atoms with E-state index in [1.165, 1.54) is 23.8 Å². The summed E-state index contributed by atoms with van der Waals surface area (Å²) in [5.74, 6) is 0.671. The molecular formula is C24H25N5O6S. The number of hydrogen-bond donors (Lipinski definition) is 4. The maximum absolute atomic E-state index is 12.5. The number of fused-ring (bicyclic) bond motifs is 2. The summed E-state index contributed by atoms with van der Waals surface area (Å²) in [4.78, 5) is 35.2. The Morgan fingerprint density at radius 3 is 2.97 bits per heavy atom. The molecule has 3 aromatic rings. The zero-order valence-electron chi connectivity index (χ0n) is 19.4. The minimum absolute atomic E-state index is 0.0606. The molecule has 188 valence electrons. The summed E-state index contributed by atoms with van der Waals surface area (Å²) < 4.78 is 10.6. The number of amides is 2. The quantitative estimate of drug-likeness (QED) is 0.352. The lowest BCUT2D eigenvalue weighted by atomic mass is 10.0. The van der Waals surface area contributed by atoms with E-state index in [9.17, 15) is 19.8 Å². The zero-order valence-corrected chi connectivity index (χ0v) is 20.2. The molecule has 2 aliphatic heterocycles. The van der Waals surface area contributed by atoms with Gasteiger partial charge in [-0.05, 0) is 30.3 Å². The number of aromatic nitrogens is 2. The molecule has 0 unspecified atom stereocenters. The highest BCUT2D eigenvalue weighted by atomic mass is 32.2. The van der Waals surface area contributed by atoms with Crippen molar-refractivity contribution < 1.29 is 29.3 Å². The number of aliphatic hydroxyl groups is 2. The largest absolute Gasteiger partial charge is 0.481 e. The Kier molecular flexibility index (Phi) is 6.92. The first kappa shape index (κ1) is 24.3. The number of carbonyl (C=O) groups excluding carboxylic acids is 2. The molecule has 1 fully saturated rings. The third-order valence-electron chi connectivity index (χ3n) is 5.99. The van der Waals surface area contributed by atoms with Crippen molar-refractivity contribution >= 4 is 46.2 Å². The Hall–Kier alpha value is -3.45. The van der Waals surface area contributed by atoms with Crippen molar-refractivity contribution in [2.75, 3.05) is 42.7 Å². The molecule has 11 nitrogen and oxygen atoms in total. The molecule has 5 rings (SSSR count). The van der Waals surface area contributed by atoms with Gasteiger partial charge in [-0.1, -0.05) is 0 Å². The summed E-state index contributed by atoms with van der Waals surface area (Å²) in [6.07, 6.45) is -1.74. The lowest BCUT2D eigenvalue weighted by Gasteiger charge is -2.21. The minimum Gasteiger partial charge on any atom is -0.481 e. The monoisotopic (exact) mass is 511 g/mol. The predicted octanol–water partition coefficient (Wildman–Crippen LogP) is 1.69. The third kappa shape index (κ3) is 4.93. The van der Waals surface area contributed by atoms with E-state index in [0.717, 1.165) is 4.90 Å². The predicted molar refractivity (Wildman–Crippen MR) is 133 cm³/mol. The second-order valence-corrected chi connectivity index (χ2v) is 9.44. The molecule has 2 aliphatic rings. The number of nitrogens with zero attached hydrogens (tertiary/aromatic N) is 3. The first-order valence-electron chi connectivity index (χ1n) is 11.3. The smallest absolute Gasteiger partial charge is 0.414 e. The number of benzene rings is 1. The van der Waals surface area contributed by atoms with Gasteiger partial charge in [0.2, 0.25) is 11.8 Å². The number of ether oxygens (including phenoxy) is 2. The topological polar surface area (TPSA) is 146 Å². The first-order valence-corrected chi connectivity index (χ1v) is 12.3. The van der Waals surface area contributed by atoms with Crippen molar-refractivity contribution in [2.45, 2.75) is 23.2 Å². The molecule has 0 aliphatic carbocycles. The molecule has 0 saturated carbocycles. The molecule has 1 aromatic carbocycles. The number of rotatable bonds is 8. The fourth-order valence-electron chi connectivity index (χ4n) is 4.17. The summed E-state index contributed by atoms with van der Waals surface area (Å²) in [6.45, 7) is 0.654. The molecule has 0 spiro atoms. The highest BCUT2D eigenvalue weighted by Crippen LogP contribution is 2.35. The van der Waals surface area contributed by atoms with Gasteiger partial charge in [-0.25, -0.2) is 9.78 Å². The van der Waals surface area contributed by atoms with Crippen LogP contribution in [-0.2, 0) is 9.53 Å². The standard InChI is InChI=1S/C24H25N5O6S/c1-34-21-5-3-16-22(28-21)15(6-7-26-16)23(32)18(30)10-25-9-14-11-29(24(33)35-14)13-2-4-19-17(8-13)27-20(31)12-36-19/h2-8,14,18,23,25,30,32H,9-12H2,1H3,(H,27,31)/t14-,18-,23-/m0/s1. The molecular weight excluding hydrogens is 486 g/mol. The van der Waals surface area contributed by atoms with E-state index in [-0.39, 0.29) is 19.0 Å². The number of hydrogen-bond acceptors (Lipinski definition) is 10. The number of thioether (sulfide) groups is 1. The minimum atomic E-state index is -1.21. The van der Waals surface area contributed by atoms with Crippen LogP contribution < -0.4 is 20.3 Å². The number of aliphatic hydroxyl groups excluding tert-OH is 2. The summed E-state index contributed by atoms with van der Waals surface area (Å²) >= 11 is 1.45. The van der Waals surface area contributed by atoms with Crippen molar-refractivity contribution in [1.82, 2.24) is 15.3 Å². The molecule has 4 heterocycles. The van der Waals surface area contributed by atoms with E-state index in [2.05, 4.69) is 20.6 Å². The molecule has 3 atom stereocenters. The Morgan fingerprint density at radius 2 is 2.14 bits per heavy atom. The molecule has 36 heavy (non-hydrogen) atoms. The maximum Gasteiger partial charge on any atom is 0.414 e. The average molecular weight is 512 g/mol. The van der Waals surface area contributed by atoms with Crippen LogP contribution >= 0.6 is 11.8 Å². The maximum atomic E-state index is 12.5. The van der Waals surface area contributed by atoms with Crippen LogP contribution in [-0.4, -0.2) is 76.9 Å². The number of cyclic esters (lactones) is 1. The second-order valence-electron chi connectivity index (χ2n) is 8.43. The number of anilines is 2. The van der Waals surface area contributed by atoms with Crippen molar-refractivity contribution in [1.29, 1.82) is 0 Å². The van der Waals surface area contributed by atoms with Crippen LogP contribution in [0, 0.1) is 0 Å². The first-order chi connectivity index (χ1) is 17.4. The van der Waals surface area contributed by atoms with Gasteiger partial charge in [0.25, 0.3) is 0 Å². The fourth-order valence-corrected chi connectivity index (χ4v) is 4.96. The Balaban J connectivity index is 1.18. The van der Waals surface area contributed by atoms with Gasteiger partial charge in [-0.2, -0.15) is 0 Å². The highest BCUT2D eigenvalue weighted by molar-refractivity contribution is 8.00. The molecule has 2 aromatic heterocycles. The fraction of sp³-hybridized carbons (Fsp3) is 0.333. The second kappa shape index (κ2) is 10.3. The number of pyridine rings is 2. The average Bonchev–Trinajstić information content (AvgIpc) is 3.27. The van der Waals surface area contributed by atoms with Crippen molar-refractivity contribution in [3.8, 4) is 5.88 Å². The van der Waals surface area contributed by atoms with E-state index in [1.807, 2.05) is 12.1 Å². The number of methoxy groups -OCH3 is 1. The van der Waals surface area contributed by atoms with Gasteiger partial charge < -0.3 is 30.3 Å². The zero-order chi connectivity index (χ0) is 25.2. The third-order valence-corrected chi connectivity index (χ3v) is 7.06. The van der Waals surface area contributed by atoms with E-state index < -0.39 is 24.4 Å². The lowest BCUT2D eigenvalue weighted by molar-refractivity contribution is -0.113. The normalized spacial score (nSPS) is 19.0. The Morgan fingerprint density at radius 1 is 1.28 bits per heavy atom. The molecule has 12 heteroatoms. The van der Waals surface area contributed by atoms with Gasteiger partial charge in [-0.15, -0.1) is 11.8 Å². The van der Waals surface area contributed by atoms with Gasteiger partial charge >= 0.3 is 6.09 Å². The molecule has 0 bridgehead atoms. The van der Waals surface area contributed by atoms with Crippen LogP contribution in [0.15, 0.2) is 47.5 Å². The van der Waals surface area contributed by atoms with Gasteiger partial charge in [0.15, 0.2) is 0 Å². The molecule has 1 saturated heterocycles. The van der Waals surface area contributed by atoms with Gasteiger partial charge in [0.05, 0.1) is 42.2 Å². The SMILES string of the molecule is COc1ccc2nccc([C@H](O)[C@@H](O)CNC[C@H]3CN(c4ccc5c(c4)NC(=O)CS5)C(=O)O3)c2n1. The van der Waals surface area contributed by atoms with E-state index in [4.69, 9.17) is 9.47 Å². The Labute approximate surface area is 210 Å². The van der Waals surface area contributed by atoms with Gasteiger partial charge in [0, 0.05) is 41.5 Å². The van der Waals surface area contributed by atoms with Gasteiger partial charge in [-0.3, -0.25) is 14.7 Å². The van der Waals surface area contributed by atoms with Gasteiger partial charge in [0.1, 0.15) is 12.2 Å². The summed E-state index contributed by atoms with van der Waals surface area (Å²) in [6, 6.07) is 10.5. The molecule has 0 radical (unpaired) electrons. The summed E-state index contributed by atoms with van der Waals surface area (Å²) in [5.41, 5.74) is 2.77. The van der Waals surface area contributed by atoms with Crippen LogP contribution in [0.4, 0.5) is 16.2 Å². The Bertz CT molecular complexity index is 1310. The van der Waals surface area contributed by atoms with Crippen LogP contribution in [0.3, 0.4) is 0 Å². The van der Waals surface area contributed by atoms with Crippen molar-refractivity contribution in [3.05, 3.63) is 48.2 Å². The van der Waals surface area contributed by atoms with Crippen LogP contribution in [0.2, 0.25) is 0 Å². The van der Waals surface area contributed by atoms with Crippen LogP contribution in [0.1, 0.15) is 11.7 Å². The van der Waals surface area contributed by atoms with Crippen molar-refractivity contribution in [2.24, 2.45) is 0 Å². The molecule has 4 N–H and O–H groups in total. The van der Waals surface area contributed by atoms with Crippen LogP contribution in [0.25, 0.3) is 11.0 Å². The summed E-state index contributed by atoms with van der Waals surface area (Å²) in [5, 5.41) is 27.2. The lowest BCUT2D eigenvalue weighted by Crippen LogP contribution is -2.37. The van der Waals surface area contributed by atoms with E-state index in [0.29, 0.717) is 46.1 Å². The van der Waals surface area contributed by atoms with E-state index in [1.54, 1.807) is 30.5 Å². The highest BCUT2D eigenvalue weighted by Gasteiger charge is 2.33. The summed E-state index contributed by atoms with van der Waals surface area (Å²) in [7, 11) is 1.50.